The summed E-state index contributed by atoms with van der Waals surface area (Å²) in [6.45, 7) is 2.09. The van der Waals surface area contributed by atoms with Crippen LogP contribution in [0.3, 0.4) is 0 Å². The van der Waals surface area contributed by atoms with Gasteiger partial charge in [0.15, 0.2) is 11.4 Å². The van der Waals surface area contributed by atoms with Gasteiger partial charge < -0.3 is 9.84 Å². The van der Waals surface area contributed by atoms with Gasteiger partial charge in [0.05, 0.1) is 0 Å². The van der Waals surface area contributed by atoms with Crippen molar-refractivity contribution in [2.45, 2.75) is 51.6 Å². The molecule has 104 valence electrons. The zero-order valence-corrected chi connectivity index (χ0v) is 11.3. The summed E-state index contributed by atoms with van der Waals surface area (Å²) in [4.78, 5) is 15.0. The van der Waals surface area contributed by atoms with Crippen molar-refractivity contribution in [3.05, 3.63) is 24.0 Å². The third-order valence-electron chi connectivity index (χ3n) is 3.83. The summed E-state index contributed by atoms with van der Waals surface area (Å²) in [6, 6.07) is 3.41. The fourth-order valence-corrected chi connectivity index (χ4v) is 2.83. The molecule has 4 heteroatoms. The number of carbonyl (C=O) groups is 1. The van der Waals surface area contributed by atoms with E-state index in [-0.39, 0.29) is 11.8 Å². The smallest absolute Gasteiger partial charge is 0.358 e. The molecule has 1 saturated carbocycles. The summed E-state index contributed by atoms with van der Waals surface area (Å²) in [7, 11) is 0. The van der Waals surface area contributed by atoms with Gasteiger partial charge in [0, 0.05) is 6.20 Å². The van der Waals surface area contributed by atoms with Crippen molar-refractivity contribution in [1.82, 2.24) is 4.98 Å². The number of aromatic carboxylic acids is 1. The van der Waals surface area contributed by atoms with Gasteiger partial charge in [-0.2, -0.15) is 0 Å². The Morgan fingerprint density at radius 3 is 2.84 bits per heavy atom. The van der Waals surface area contributed by atoms with E-state index in [1.165, 1.54) is 38.3 Å². The minimum absolute atomic E-state index is 0.0109. The van der Waals surface area contributed by atoms with E-state index in [4.69, 9.17) is 9.84 Å². The largest absolute Gasteiger partial charge is 0.488 e. The second-order valence-electron chi connectivity index (χ2n) is 5.12. The van der Waals surface area contributed by atoms with Crippen molar-refractivity contribution in [3.8, 4) is 5.75 Å². The minimum Gasteiger partial charge on any atom is -0.488 e. The Morgan fingerprint density at radius 1 is 1.47 bits per heavy atom. The van der Waals surface area contributed by atoms with Gasteiger partial charge >= 0.3 is 5.97 Å². The van der Waals surface area contributed by atoms with E-state index < -0.39 is 5.97 Å². The molecule has 4 nitrogen and oxygen atoms in total. The molecule has 0 bridgehead atoms. The van der Waals surface area contributed by atoms with Crippen LogP contribution in [0.15, 0.2) is 18.3 Å². The molecule has 0 aromatic carbocycles. The number of carboxylic acids is 1. The monoisotopic (exact) mass is 263 g/mol. The quantitative estimate of drug-likeness (QED) is 0.883. The van der Waals surface area contributed by atoms with E-state index in [9.17, 15) is 4.79 Å². The van der Waals surface area contributed by atoms with Gasteiger partial charge in [0.25, 0.3) is 0 Å². The molecule has 0 saturated heterocycles. The highest BCUT2D eigenvalue weighted by Crippen LogP contribution is 2.31. The van der Waals surface area contributed by atoms with Crippen LogP contribution in [-0.4, -0.2) is 22.2 Å². The van der Waals surface area contributed by atoms with Crippen LogP contribution in [-0.2, 0) is 0 Å². The lowest BCUT2D eigenvalue weighted by molar-refractivity contribution is 0.0666. The van der Waals surface area contributed by atoms with Crippen LogP contribution in [0.5, 0.6) is 5.75 Å². The lowest BCUT2D eigenvalue weighted by atomic mass is 9.84. The number of pyridine rings is 1. The molecular weight excluding hydrogens is 242 g/mol. The van der Waals surface area contributed by atoms with Crippen LogP contribution in [0.1, 0.15) is 55.9 Å². The highest BCUT2D eigenvalue weighted by molar-refractivity contribution is 5.88. The molecule has 1 aliphatic carbocycles. The Morgan fingerprint density at radius 2 is 2.21 bits per heavy atom. The highest BCUT2D eigenvalue weighted by atomic mass is 16.5. The molecule has 1 aliphatic rings. The van der Waals surface area contributed by atoms with Crippen LogP contribution >= 0.6 is 0 Å². The van der Waals surface area contributed by atoms with Gasteiger partial charge in [0.2, 0.25) is 0 Å². The number of aromatic nitrogens is 1. The van der Waals surface area contributed by atoms with Gasteiger partial charge in [-0.25, -0.2) is 9.78 Å². The summed E-state index contributed by atoms with van der Waals surface area (Å²) in [5.41, 5.74) is 0.0109. The molecule has 0 aliphatic heterocycles. The fraction of sp³-hybridized carbons (Fsp3) is 0.600. The standard InChI is InChI=1S/C15H21NO3/c1-2-12(11-7-4-3-5-8-11)19-13-9-6-10-16-14(13)15(17)18/h6,9-12H,2-5,7-8H2,1H3,(H,17,18). The Balaban J connectivity index is 2.11. The molecule has 1 heterocycles. The molecule has 0 amide bonds. The lowest BCUT2D eigenvalue weighted by Gasteiger charge is -2.30. The molecule has 1 fully saturated rings. The lowest BCUT2D eigenvalue weighted by Crippen LogP contribution is -2.28. The number of ether oxygens (including phenoxy) is 1. The maximum Gasteiger partial charge on any atom is 0.358 e. The first-order valence-corrected chi connectivity index (χ1v) is 7.07. The molecule has 0 spiro atoms. The number of nitrogens with zero attached hydrogens (tertiary/aromatic N) is 1. The van der Waals surface area contributed by atoms with E-state index in [2.05, 4.69) is 11.9 Å². The second kappa shape index (κ2) is 6.55. The zero-order valence-electron chi connectivity index (χ0n) is 11.3. The molecule has 19 heavy (non-hydrogen) atoms. The predicted molar refractivity (Wildman–Crippen MR) is 72.5 cm³/mol. The first kappa shape index (κ1) is 13.8. The molecular formula is C15H21NO3. The molecule has 1 N–H and O–H groups in total. The van der Waals surface area contributed by atoms with E-state index in [0.29, 0.717) is 11.7 Å². The zero-order chi connectivity index (χ0) is 13.7. The van der Waals surface area contributed by atoms with Crippen molar-refractivity contribution in [2.24, 2.45) is 5.92 Å². The first-order chi connectivity index (χ1) is 9.22. The average molecular weight is 263 g/mol. The molecule has 0 radical (unpaired) electrons. The van der Waals surface area contributed by atoms with E-state index in [1.54, 1.807) is 12.1 Å². The van der Waals surface area contributed by atoms with Crippen LogP contribution in [0.2, 0.25) is 0 Å². The van der Waals surface area contributed by atoms with Crippen molar-refractivity contribution in [2.75, 3.05) is 0 Å². The number of hydrogen-bond acceptors (Lipinski definition) is 3. The maximum atomic E-state index is 11.1. The van der Waals surface area contributed by atoms with E-state index in [0.717, 1.165) is 6.42 Å². The van der Waals surface area contributed by atoms with Crippen LogP contribution in [0.25, 0.3) is 0 Å². The number of rotatable bonds is 5. The average Bonchev–Trinajstić information content (AvgIpc) is 2.46. The SMILES string of the molecule is CCC(Oc1cccnc1C(=O)O)C1CCCCC1. The molecule has 1 aromatic rings. The Kier molecular flexibility index (Phi) is 4.77. The van der Waals surface area contributed by atoms with Crippen molar-refractivity contribution in [3.63, 3.8) is 0 Å². The molecule has 1 aromatic heterocycles. The molecule has 2 rings (SSSR count). The Hall–Kier alpha value is -1.58. The van der Waals surface area contributed by atoms with Crippen molar-refractivity contribution < 1.29 is 14.6 Å². The van der Waals surface area contributed by atoms with E-state index in [1.807, 2.05) is 0 Å². The summed E-state index contributed by atoms with van der Waals surface area (Å²) in [5.74, 6) is -0.0953. The topological polar surface area (TPSA) is 59.4 Å². The Labute approximate surface area is 113 Å². The maximum absolute atomic E-state index is 11.1. The summed E-state index contributed by atoms with van der Waals surface area (Å²) >= 11 is 0. The summed E-state index contributed by atoms with van der Waals surface area (Å²) in [5, 5.41) is 9.12. The minimum atomic E-state index is -1.03. The third-order valence-corrected chi connectivity index (χ3v) is 3.83. The van der Waals surface area contributed by atoms with Gasteiger partial charge in [-0.05, 0) is 37.3 Å². The van der Waals surface area contributed by atoms with Crippen LogP contribution in [0, 0.1) is 5.92 Å². The second-order valence-corrected chi connectivity index (χ2v) is 5.12. The summed E-state index contributed by atoms with van der Waals surface area (Å²) < 4.78 is 5.95. The van der Waals surface area contributed by atoms with Gasteiger partial charge in [-0.15, -0.1) is 0 Å². The van der Waals surface area contributed by atoms with Gasteiger partial charge in [0.1, 0.15) is 6.10 Å². The van der Waals surface area contributed by atoms with Gasteiger partial charge in [-0.1, -0.05) is 26.2 Å². The number of hydrogen-bond donors (Lipinski definition) is 1. The Bertz CT molecular complexity index is 427. The van der Waals surface area contributed by atoms with Crippen LogP contribution in [0.4, 0.5) is 0 Å². The highest BCUT2D eigenvalue weighted by Gasteiger charge is 2.25. The normalized spacial score (nSPS) is 17.9. The van der Waals surface area contributed by atoms with E-state index >= 15 is 0 Å². The fourth-order valence-electron chi connectivity index (χ4n) is 2.83. The first-order valence-electron chi connectivity index (χ1n) is 7.07. The predicted octanol–water partition coefficient (Wildman–Crippen LogP) is 3.52. The summed E-state index contributed by atoms with van der Waals surface area (Å²) in [6.07, 6.45) is 8.66. The van der Waals surface area contributed by atoms with Crippen molar-refractivity contribution >= 4 is 5.97 Å². The number of carboxylic acid groups (broad SMARTS) is 1. The van der Waals surface area contributed by atoms with Crippen molar-refractivity contribution in [1.29, 1.82) is 0 Å². The third kappa shape index (κ3) is 3.46. The molecule has 1 unspecified atom stereocenters. The van der Waals surface area contributed by atoms with Crippen LogP contribution < -0.4 is 4.74 Å². The van der Waals surface area contributed by atoms with Gasteiger partial charge in [-0.3, -0.25) is 0 Å². The molecule has 1 atom stereocenters.